The van der Waals surface area contributed by atoms with Gasteiger partial charge in [0.25, 0.3) is 0 Å². The predicted molar refractivity (Wildman–Crippen MR) is 231 cm³/mol. The van der Waals surface area contributed by atoms with Gasteiger partial charge in [-0.05, 0) is 86.5 Å². The third kappa shape index (κ3) is 14.5. The molecule has 20 heteroatoms. The summed E-state index contributed by atoms with van der Waals surface area (Å²) in [6.45, 7) is 6.35. The highest BCUT2D eigenvalue weighted by atomic mass is 16.5. The zero-order valence-corrected chi connectivity index (χ0v) is 37.1. The smallest absolute Gasteiger partial charge is 0.475 e. The molecule has 0 saturated heterocycles. The first-order valence-corrected chi connectivity index (χ1v) is 21.0. The number of carbonyl (C=O) groups excluding carboxylic acids is 4. The predicted octanol–water partition coefficient (Wildman–Crippen LogP) is -0.343. The van der Waals surface area contributed by atoms with Gasteiger partial charge in [0.05, 0.1) is 53.5 Å². The number of nitrogens with one attached hydrogen (secondary N) is 4. The van der Waals surface area contributed by atoms with Crippen LogP contribution in [0.5, 0.6) is 23.0 Å². The van der Waals surface area contributed by atoms with Gasteiger partial charge >= 0.3 is 14.2 Å². The Balaban J connectivity index is 0.000000333. The molecule has 18 nitrogen and oxygen atoms in total. The summed E-state index contributed by atoms with van der Waals surface area (Å²) in [7, 11) is 2.79. The van der Waals surface area contributed by atoms with Gasteiger partial charge in [0.1, 0.15) is 23.6 Å². The molecule has 0 aromatic heterocycles. The normalized spacial score (nSPS) is 17.4. The Morgan fingerprint density at radius 1 is 0.629 bits per heavy atom. The van der Waals surface area contributed by atoms with Gasteiger partial charge in [-0.2, -0.15) is 0 Å². The van der Waals surface area contributed by atoms with Crippen LogP contribution in [0, 0.1) is 23.7 Å². The molecule has 62 heavy (non-hydrogen) atoms. The van der Waals surface area contributed by atoms with E-state index in [1.165, 1.54) is 0 Å². The van der Waals surface area contributed by atoms with E-state index >= 15 is 0 Å². The van der Waals surface area contributed by atoms with Crippen molar-refractivity contribution < 1.29 is 68.4 Å². The van der Waals surface area contributed by atoms with Gasteiger partial charge in [0, 0.05) is 29.0 Å². The van der Waals surface area contributed by atoms with Crippen LogP contribution < -0.4 is 40.2 Å². The average Bonchev–Trinajstić information content (AvgIpc) is 3.25. The number of ether oxygens (including phenoxy) is 4. The van der Waals surface area contributed by atoms with Crippen molar-refractivity contribution in [3.8, 4) is 23.0 Å². The minimum Gasteiger partial charge on any atom is -0.497 e. The van der Waals surface area contributed by atoms with Crippen molar-refractivity contribution >= 4 is 37.9 Å². The summed E-state index contributed by atoms with van der Waals surface area (Å²) < 4.78 is 21.6. The number of rotatable bonds is 20. The molecule has 10 N–H and O–H groups in total. The largest absolute Gasteiger partial charge is 0.497 e. The lowest BCUT2D eigenvalue weighted by Gasteiger charge is -2.29. The number of aryl methyl sites for hydroxylation is 1. The SMILES string of the molecule is COc1cc(OC)c(OC)c2c1CC(C(=O)N[C@@H](CO)C(=O)N[C@@H](CC(C)C)B(O)O)CC2.COc1ccc2c(c1)CCC(C(=O)N[C@@H](CO)C(=O)N[C@@H](CC(C)C)B(O)O)C2. The summed E-state index contributed by atoms with van der Waals surface area (Å²) in [4.78, 5) is 50.7. The Bertz CT molecular complexity index is 1800. The molecule has 0 aliphatic heterocycles. The van der Waals surface area contributed by atoms with E-state index in [1.54, 1.807) is 34.5 Å². The highest BCUT2D eigenvalue weighted by Gasteiger charge is 2.35. The zero-order valence-electron chi connectivity index (χ0n) is 37.1. The van der Waals surface area contributed by atoms with Crippen LogP contribution in [0.4, 0.5) is 0 Å². The molecule has 344 valence electrons. The van der Waals surface area contributed by atoms with Gasteiger partial charge < -0.3 is 70.5 Å². The Labute approximate surface area is 364 Å². The van der Waals surface area contributed by atoms with E-state index in [2.05, 4.69) is 21.3 Å². The fourth-order valence-corrected chi connectivity index (χ4v) is 7.79. The third-order valence-electron chi connectivity index (χ3n) is 11.1. The number of amides is 4. The van der Waals surface area contributed by atoms with Crippen molar-refractivity contribution in [2.45, 2.75) is 103 Å². The highest BCUT2D eigenvalue weighted by molar-refractivity contribution is 6.44. The second kappa shape index (κ2) is 24.9. The van der Waals surface area contributed by atoms with E-state index in [4.69, 9.17) is 18.9 Å². The molecule has 2 aromatic rings. The van der Waals surface area contributed by atoms with Crippen LogP contribution >= 0.6 is 0 Å². The first-order chi connectivity index (χ1) is 29.4. The van der Waals surface area contributed by atoms with E-state index in [1.807, 2.05) is 45.9 Å². The number of aliphatic hydroxyl groups is 2. The van der Waals surface area contributed by atoms with Crippen molar-refractivity contribution in [3.05, 3.63) is 46.5 Å². The molecule has 4 rings (SSSR count). The summed E-state index contributed by atoms with van der Waals surface area (Å²) in [5.74, 6) is -1.75. The Morgan fingerprint density at radius 2 is 1.13 bits per heavy atom. The van der Waals surface area contributed by atoms with E-state index in [9.17, 15) is 49.5 Å². The molecule has 0 saturated carbocycles. The van der Waals surface area contributed by atoms with Gasteiger partial charge in [-0.3, -0.25) is 19.2 Å². The van der Waals surface area contributed by atoms with Crippen molar-refractivity contribution in [2.75, 3.05) is 41.7 Å². The molecule has 0 bridgehead atoms. The van der Waals surface area contributed by atoms with Crippen LogP contribution in [0.2, 0.25) is 0 Å². The second-order valence-electron chi connectivity index (χ2n) is 16.6. The van der Waals surface area contributed by atoms with E-state index in [-0.39, 0.29) is 29.6 Å². The van der Waals surface area contributed by atoms with E-state index in [0.717, 1.165) is 34.4 Å². The molecule has 0 radical (unpaired) electrons. The molecule has 4 amide bonds. The standard InChI is InChI=1S/C22H35BN2O8.C20H31BN2O6/c1-12(2)8-19(23(29)30)25-22(28)16(11-26)24-21(27)13-6-7-14-15(9-13)17(31-3)10-18(32-4)20(14)33-5;1-12(2)8-18(21(27)28)23-20(26)17(11-24)22-19(25)15-5-4-14-10-16(29-3)7-6-13(14)9-15/h10,12-13,16,19,26,29-30H,6-9,11H2,1-5H3,(H,24,27)(H,25,28);6-7,10,12,15,17-18,24,27-28H,4-5,8-9,11H2,1-3H3,(H,22,25)(H,23,26)/t13?,16-,19-;15?,17-,18-/m00/s1. The Kier molecular flexibility index (Phi) is 20.8. The first-order valence-electron chi connectivity index (χ1n) is 21.0. The molecule has 0 spiro atoms. The molecule has 2 aromatic carbocycles. The van der Waals surface area contributed by atoms with Crippen LogP contribution in [0.25, 0.3) is 0 Å². The third-order valence-corrected chi connectivity index (χ3v) is 11.1. The van der Waals surface area contributed by atoms with Crippen molar-refractivity contribution in [3.63, 3.8) is 0 Å². The van der Waals surface area contributed by atoms with Gasteiger partial charge in [0.2, 0.25) is 23.6 Å². The maximum atomic E-state index is 13.0. The van der Waals surface area contributed by atoms with Crippen molar-refractivity contribution in [1.82, 2.24) is 21.3 Å². The maximum absolute atomic E-state index is 13.0. The number of benzene rings is 2. The average molecular weight is 873 g/mol. The van der Waals surface area contributed by atoms with E-state index < -0.39 is 69.1 Å². The second-order valence-corrected chi connectivity index (χ2v) is 16.6. The summed E-state index contributed by atoms with van der Waals surface area (Å²) in [5, 5.41) is 67.5. The minimum absolute atomic E-state index is 0.104. The van der Waals surface area contributed by atoms with Crippen molar-refractivity contribution in [1.29, 1.82) is 0 Å². The summed E-state index contributed by atoms with van der Waals surface area (Å²) in [5.41, 5.74) is 3.98. The number of fused-ring (bicyclic) bond motifs is 2. The van der Waals surface area contributed by atoms with E-state index in [0.29, 0.717) is 62.2 Å². The Morgan fingerprint density at radius 3 is 1.56 bits per heavy atom. The maximum Gasteiger partial charge on any atom is 0.475 e. The number of hydrogen-bond acceptors (Lipinski definition) is 14. The minimum atomic E-state index is -1.75. The molecule has 2 aliphatic rings. The van der Waals surface area contributed by atoms with Crippen LogP contribution in [0.15, 0.2) is 24.3 Å². The van der Waals surface area contributed by atoms with Gasteiger partial charge in [-0.1, -0.05) is 33.8 Å². The molecule has 6 atom stereocenters. The lowest BCUT2D eigenvalue weighted by Crippen LogP contribution is -2.56. The molecule has 0 heterocycles. The van der Waals surface area contributed by atoms with Gasteiger partial charge in [-0.15, -0.1) is 0 Å². The molecular formula is C42H66B2N4O14. The van der Waals surface area contributed by atoms with Gasteiger partial charge in [0.15, 0.2) is 11.5 Å². The summed E-state index contributed by atoms with van der Waals surface area (Å²) >= 11 is 0. The zero-order chi connectivity index (χ0) is 46.3. The summed E-state index contributed by atoms with van der Waals surface area (Å²) in [6.07, 6.45) is 4.04. The number of methoxy groups -OCH3 is 4. The van der Waals surface area contributed by atoms with Crippen LogP contribution in [0.3, 0.4) is 0 Å². The molecule has 0 fully saturated rings. The first kappa shape index (κ1) is 51.8. The quantitative estimate of drug-likeness (QED) is 0.0763. The topological polar surface area (TPSA) is 275 Å². The molecule has 2 unspecified atom stereocenters. The fourth-order valence-electron chi connectivity index (χ4n) is 7.79. The monoisotopic (exact) mass is 872 g/mol. The van der Waals surface area contributed by atoms with Crippen LogP contribution in [-0.4, -0.2) is 134 Å². The summed E-state index contributed by atoms with van der Waals surface area (Å²) in [6, 6.07) is 5.15. The van der Waals surface area contributed by atoms with Crippen LogP contribution in [-0.2, 0) is 44.9 Å². The Hall–Kier alpha value is -4.59. The molecular weight excluding hydrogens is 806 g/mol. The fraction of sp³-hybridized carbons (Fsp3) is 0.619. The molecule has 2 aliphatic carbocycles. The number of aliphatic hydroxyl groups excluding tert-OH is 2. The van der Waals surface area contributed by atoms with Crippen molar-refractivity contribution in [2.24, 2.45) is 23.7 Å². The highest BCUT2D eigenvalue weighted by Crippen LogP contribution is 2.44. The number of carbonyl (C=O) groups is 4. The number of hydrogen-bond donors (Lipinski definition) is 10. The lowest BCUT2D eigenvalue weighted by atomic mass is 9.75. The van der Waals surface area contributed by atoms with Crippen LogP contribution in [0.1, 0.15) is 75.6 Å². The lowest BCUT2D eigenvalue weighted by molar-refractivity contribution is -0.132. The van der Waals surface area contributed by atoms with Gasteiger partial charge in [-0.25, -0.2) is 0 Å².